The van der Waals surface area contributed by atoms with Crippen LogP contribution in [0.2, 0.25) is 0 Å². The van der Waals surface area contributed by atoms with Gasteiger partial charge in [0, 0.05) is 17.1 Å². The molecule has 110 valence electrons. The molecule has 0 bridgehead atoms. The number of ether oxygens (including phenoxy) is 1. The van der Waals surface area contributed by atoms with Crippen LogP contribution in [0.15, 0.2) is 57.5 Å². The molecular formula is C17H17Br2NO. The first-order valence-electron chi connectivity index (χ1n) is 7.12. The van der Waals surface area contributed by atoms with Crippen LogP contribution in [0.3, 0.4) is 0 Å². The van der Waals surface area contributed by atoms with Crippen molar-refractivity contribution in [3.05, 3.63) is 63.0 Å². The molecule has 1 aliphatic carbocycles. The van der Waals surface area contributed by atoms with Crippen LogP contribution in [0.1, 0.15) is 24.5 Å². The largest absolute Gasteiger partial charge is 0.483 e. The molecule has 0 saturated heterocycles. The Morgan fingerprint density at radius 2 is 1.86 bits per heavy atom. The van der Waals surface area contributed by atoms with E-state index in [0.717, 1.165) is 21.2 Å². The average molecular weight is 411 g/mol. The van der Waals surface area contributed by atoms with E-state index in [9.17, 15) is 0 Å². The molecule has 1 aliphatic rings. The second kappa shape index (κ2) is 6.95. The Labute approximate surface area is 142 Å². The number of benzene rings is 2. The lowest BCUT2D eigenvalue weighted by Gasteiger charge is -2.21. The van der Waals surface area contributed by atoms with E-state index in [0.29, 0.717) is 6.04 Å². The van der Waals surface area contributed by atoms with E-state index in [4.69, 9.17) is 4.74 Å². The molecule has 0 heterocycles. The van der Waals surface area contributed by atoms with Crippen LogP contribution in [0.5, 0.6) is 5.75 Å². The molecule has 21 heavy (non-hydrogen) atoms. The second-order valence-electron chi connectivity index (χ2n) is 5.27. The first kappa shape index (κ1) is 15.1. The van der Waals surface area contributed by atoms with Crippen LogP contribution in [-0.2, 0) is 0 Å². The van der Waals surface area contributed by atoms with Crippen molar-refractivity contribution < 1.29 is 4.74 Å². The quantitative estimate of drug-likeness (QED) is 0.716. The summed E-state index contributed by atoms with van der Waals surface area (Å²) in [6.45, 7) is 0.831. The van der Waals surface area contributed by atoms with Crippen LogP contribution in [0, 0.1) is 0 Å². The van der Waals surface area contributed by atoms with Gasteiger partial charge in [-0.05, 0) is 52.5 Å². The minimum Gasteiger partial charge on any atom is -0.483 e. The van der Waals surface area contributed by atoms with Gasteiger partial charge in [0.05, 0.1) is 4.47 Å². The standard InChI is InChI=1S/C17H17Br2NO/c18-13-6-9-16(15(19)10-13)21-17(11-20-14-7-8-14)12-4-2-1-3-5-12/h1-6,9-10,14,17,20H,7-8,11H2. The molecule has 2 aromatic rings. The van der Waals surface area contributed by atoms with Crippen molar-refractivity contribution in [2.75, 3.05) is 6.54 Å². The Kier molecular flexibility index (Phi) is 4.99. The van der Waals surface area contributed by atoms with Crippen molar-refractivity contribution in [3.63, 3.8) is 0 Å². The summed E-state index contributed by atoms with van der Waals surface area (Å²) >= 11 is 7.03. The summed E-state index contributed by atoms with van der Waals surface area (Å²) in [6, 6.07) is 17.0. The van der Waals surface area contributed by atoms with Crippen LogP contribution < -0.4 is 10.1 Å². The topological polar surface area (TPSA) is 21.3 Å². The van der Waals surface area contributed by atoms with Crippen molar-refractivity contribution in [1.29, 1.82) is 0 Å². The molecule has 1 saturated carbocycles. The fourth-order valence-electron chi connectivity index (χ4n) is 2.18. The fraction of sp³-hybridized carbons (Fsp3) is 0.294. The van der Waals surface area contributed by atoms with Crippen molar-refractivity contribution in [2.45, 2.75) is 25.0 Å². The molecule has 1 atom stereocenters. The molecular weight excluding hydrogens is 394 g/mol. The van der Waals surface area contributed by atoms with E-state index in [2.05, 4.69) is 61.4 Å². The smallest absolute Gasteiger partial charge is 0.136 e. The van der Waals surface area contributed by atoms with Gasteiger partial charge in [0.15, 0.2) is 0 Å². The third-order valence-electron chi connectivity index (χ3n) is 3.50. The Bertz CT molecular complexity index is 599. The zero-order valence-electron chi connectivity index (χ0n) is 11.6. The highest BCUT2D eigenvalue weighted by Crippen LogP contribution is 2.32. The van der Waals surface area contributed by atoms with Crippen molar-refractivity contribution in [3.8, 4) is 5.75 Å². The lowest BCUT2D eigenvalue weighted by molar-refractivity contribution is 0.199. The Morgan fingerprint density at radius 1 is 1.10 bits per heavy atom. The number of hydrogen-bond acceptors (Lipinski definition) is 2. The molecule has 0 radical (unpaired) electrons. The summed E-state index contributed by atoms with van der Waals surface area (Å²) < 4.78 is 8.23. The van der Waals surface area contributed by atoms with Gasteiger partial charge in [0.2, 0.25) is 0 Å². The third-order valence-corrected chi connectivity index (χ3v) is 4.62. The zero-order chi connectivity index (χ0) is 14.7. The maximum Gasteiger partial charge on any atom is 0.136 e. The van der Waals surface area contributed by atoms with Gasteiger partial charge in [-0.2, -0.15) is 0 Å². The first-order chi connectivity index (χ1) is 10.2. The van der Waals surface area contributed by atoms with Crippen molar-refractivity contribution in [2.24, 2.45) is 0 Å². The SMILES string of the molecule is Brc1ccc(OC(CNC2CC2)c2ccccc2)c(Br)c1. The summed E-state index contributed by atoms with van der Waals surface area (Å²) in [7, 11) is 0. The molecule has 3 rings (SSSR count). The number of nitrogens with one attached hydrogen (secondary N) is 1. The summed E-state index contributed by atoms with van der Waals surface area (Å²) in [4.78, 5) is 0. The summed E-state index contributed by atoms with van der Waals surface area (Å²) in [5, 5.41) is 3.56. The molecule has 0 spiro atoms. The molecule has 2 nitrogen and oxygen atoms in total. The molecule has 2 aromatic carbocycles. The number of rotatable bonds is 6. The molecule has 1 fully saturated rings. The lowest BCUT2D eigenvalue weighted by Crippen LogP contribution is -2.26. The van der Waals surface area contributed by atoms with Crippen molar-refractivity contribution in [1.82, 2.24) is 5.32 Å². The van der Waals surface area contributed by atoms with Gasteiger partial charge in [-0.15, -0.1) is 0 Å². The zero-order valence-corrected chi connectivity index (χ0v) is 14.7. The van der Waals surface area contributed by atoms with E-state index >= 15 is 0 Å². The summed E-state index contributed by atoms with van der Waals surface area (Å²) in [5.74, 6) is 0.865. The Morgan fingerprint density at radius 3 is 2.52 bits per heavy atom. The molecule has 1 N–H and O–H groups in total. The number of halogens is 2. The van der Waals surface area contributed by atoms with E-state index in [1.165, 1.54) is 18.4 Å². The normalized spacial score (nSPS) is 15.7. The fourth-order valence-corrected chi connectivity index (χ4v) is 3.32. The van der Waals surface area contributed by atoms with Gasteiger partial charge in [0.25, 0.3) is 0 Å². The van der Waals surface area contributed by atoms with E-state index in [-0.39, 0.29) is 6.10 Å². The molecule has 0 amide bonds. The molecule has 4 heteroatoms. The lowest BCUT2D eigenvalue weighted by atomic mass is 10.1. The maximum absolute atomic E-state index is 6.23. The van der Waals surface area contributed by atoms with Gasteiger partial charge in [-0.1, -0.05) is 46.3 Å². The Hall–Kier alpha value is -0.840. The summed E-state index contributed by atoms with van der Waals surface area (Å²) in [6.07, 6.45) is 2.58. The maximum atomic E-state index is 6.23. The minimum atomic E-state index is 0.0178. The highest BCUT2D eigenvalue weighted by Gasteiger charge is 2.23. The van der Waals surface area contributed by atoms with E-state index < -0.39 is 0 Å². The highest BCUT2D eigenvalue weighted by atomic mass is 79.9. The van der Waals surface area contributed by atoms with Crippen molar-refractivity contribution >= 4 is 31.9 Å². The predicted molar refractivity (Wildman–Crippen MR) is 92.7 cm³/mol. The van der Waals surface area contributed by atoms with Crippen LogP contribution in [-0.4, -0.2) is 12.6 Å². The van der Waals surface area contributed by atoms with Gasteiger partial charge in [-0.3, -0.25) is 0 Å². The monoisotopic (exact) mass is 409 g/mol. The van der Waals surface area contributed by atoms with Crippen LogP contribution in [0.4, 0.5) is 0 Å². The molecule has 0 aliphatic heterocycles. The second-order valence-corrected chi connectivity index (χ2v) is 7.04. The van der Waals surface area contributed by atoms with Gasteiger partial charge in [0.1, 0.15) is 11.9 Å². The molecule has 0 aromatic heterocycles. The number of hydrogen-bond donors (Lipinski definition) is 1. The van der Waals surface area contributed by atoms with E-state index in [1.807, 2.05) is 24.3 Å². The first-order valence-corrected chi connectivity index (χ1v) is 8.71. The van der Waals surface area contributed by atoms with E-state index in [1.54, 1.807) is 0 Å². The van der Waals surface area contributed by atoms with Gasteiger partial charge in [-0.25, -0.2) is 0 Å². The van der Waals surface area contributed by atoms with Crippen LogP contribution >= 0.6 is 31.9 Å². The summed E-state index contributed by atoms with van der Waals surface area (Å²) in [5.41, 5.74) is 1.19. The van der Waals surface area contributed by atoms with Gasteiger partial charge < -0.3 is 10.1 Å². The average Bonchev–Trinajstić information content (AvgIpc) is 3.31. The highest BCUT2D eigenvalue weighted by molar-refractivity contribution is 9.11. The third kappa shape index (κ3) is 4.31. The van der Waals surface area contributed by atoms with Gasteiger partial charge >= 0.3 is 0 Å². The minimum absolute atomic E-state index is 0.0178. The predicted octanol–water partition coefficient (Wildman–Crippen LogP) is 5.08. The molecule has 1 unspecified atom stereocenters. The Balaban J connectivity index is 1.77. The van der Waals surface area contributed by atoms with Crippen LogP contribution in [0.25, 0.3) is 0 Å².